The molecule has 0 N–H and O–H groups in total. The zero-order valence-electron chi connectivity index (χ0n) is 19.1. The van der Waals surface area contributed by atoms with Gasteiger partial charge in [-0.25, -0.2) is 0 Å². The number of nitrogens with zero attached hydrogens (tertiary/aromatic N) is 8. The summed E-state index contributed by atoms with van der Waals surface area (Å²) in [4.78, 5) is 21.4. The molecule has 0 bridgehead atoms. The van der Waals surface area contributed by atoms with Gasteiger partial charge in [0.1, 0.15) is 6.33 Å². The maximum atomic E-state index is 13.2. The van der Waals surface area contributed by atoms with E-state index in [9.17, 15) is 18.0 Å². The molecule has 1 aliphatic rings. The van der Waals surface area contributed by atoms with E-state index in [4.69, 9.17) is 4.52 Å². The Kier molecular flexibility index (Phi) is 6.22. The molecule has 1 atom stereocenters. The van der Waals surface area contributed by atoms with Gasteiger partial charge in [-0.15, -0.1) is 5.10 Å². The van der Waals surface area contributed by atoms with Crippen molar-refractivity contribution in [1.82, 2.24) is 40.1 Å². The first-order chi connectivity index (χ1) is 17.3. The second kappa shape index (κ2) is 9.49. The SMILES string of the molecule is CC(c1nc(-c2cccc(C(F)(F)F)c2)no1)N1CCN(C(=O)c2ccccc2-n2cnnn2)CC1. The molecule has 0 saturated carbocycles. The van der Waals surface area contributed by atoms with Crippen LogP contribution in [0.1, 0.15) is 34.8 Å². The van der Waals surface area contributed by atoms with E-state index < -0.39 is 11.7 Å². The third-order valence-corrected chi connectivity index (χ3v) is 6.13. The third kappa shape index (κ3) is 4.69. The van der Waals surface area contributed by atoms with Crippen molar-refractivity contribution in [1.29, 1.82) is 0 Å². The average Bonchev–Trinajstić information content (AvgIpc) is 3.61. The van der Waals surface area contributed by atoms with E-state index >= 15 is 0 Å². The Morgan fingerprint density at radius 2 is 1.83 bits per heavy atom. The molecule has 1 aliphatic heterocycles. The van der Waals surface area contributed by atoms with Crippen LogP contribution in [0.15, 0.2) is 59.4 Å². The molecular weight excluding hydrogens is 477 g/mol. The summed E-state index contributed by atoms with van der Waals surface area (Å²) in [6.45, 7) is 3.94. The summed E-state index contributed by atoms with van der Waals surface area (Å²) in [5, 5.41) is 15.0. The number of amides is 1. The van der Waals surface area contributed by atoms with Gasteiger partial charge in [-0.2, -0.15) is 22.8 Å². The first-order valence-corrected chi connectivity index (χ1v) is 11.2. The van der Waals surface area contributed by atoms with E-state index in [1.54, 1.807) is 23.1 Å². The lowest BCUT2D eigenvalue weighted by Crippen LogP contribution is -2.49. The number of carbonyl (C=O) groups is 1. The predicted octanol–water partition coefficient (Wildman–Crippen LogP) is 3.25. The van der Waals surface area contributed by atoms with Crippen LogP contribution in [0.25, 0.3) is 17.1 Å². The van der Waals surface area contributed by atoms with E-state index in [0.717, 1.165) is 12.1 Å². The van der Waals surface area contributed by atoms with Crippen LogP contribution in [-0.4, -0.2) is 72.2 Å². The van der Waals surface area contributed by atoms with Crippen LogP contribution in [0.2, 0.25) is 0 Å². The minimum Gasteiger partial charge on any atom is -0.337 e. The second-order valence-corrected chi connectivity index (χ2v) is 8.31. The van der Waals surface area contributed by atoms with Gasteiger partial charge in [0.15, 0.2) is 0 Å². The lowest BCUT2D eigenvalue weighted by Gasteiger charge is -2.37. The number of alkyl halides is 3. The maximum Gasteiger partial charge on any atom is 0.416 e. The molecule has 1 fully saturated rings. The monoisotopic (exact) mass is 498 g/mol. The summed E-state index contributed by atoms with van der Waals surface area (Å²) in [7, 11) is 0. The lowest BCUT2D eigenvalue weighted by atomic mass is 10.1. The molecule has 10 nitrogen and oxygen atoms in total. The van der Waals surface area contributed by atoms with Crippen molar-refractivity contribution >= 4 is 5.91 Å². The number of rotatable bonds is 5. The zero-order chi connectivity index (χ0) is 25.3. The molecule has 0 aliphatic carbocycles. The van der Waals surface area contributed by atoms with E-state index in [1.165, 1.54) is 23.1 Å². The molecule has 0 spiro atoms. The number of hydrogen-bond donors (Lipinski definition) is 0. The van der Waals surface area contributed by atoms with Crippen molar-refractivity contribution in [2.45, 2.75) is 19.1 Å². The highest BCUT2D eigenvalue weighted by molar-refractivity contribution is 5.97. The van der Waals surface area contributed by atoms with Crippen LogP contribution in [0, 0.1) is 0 Å². The second-order valence-electron chi connectivity index (χ2n) is 8.31. The van der Waals surface area contributed by atoms with Gasteiger partial charge in [-0.05, 0) is 41.6 Å². The molecule has 3 heterocycles. The van der Waals surface area contributed by atoms with Gasteiger partial charge in [0.05, 0.1) is 22.9 Å². The Bertz CT molecular complexity index is 1350. The fraction of sp³-hybridized carbons (Fsp3) is 0.304. The van der Waals surface area contributed by atoms with Crippen LogP contribution in [-0.2, 0) is 6.18 Å². The van der Waals surface area contributed by atoms with Crippen LogP contribution >= 0.6 is 0 Å². The number of benzene rings is 2. The number of hydrogen-bond acceptors (Lipinski definition) is 8. The first-order valence-electron chi connectivity index (χ1n) is 11.2. The van der Waals surface area contributed by atoms with Crippen molar-refractivity contribution < 1.29 is 22.5 Å². The zero-order valence-corrected chi connectivity index (χ0v) is 19.1. The number of tetrazole rings is 1. The summed E-state index contributed by atoms with van der Waals surface area (Å²) in [5.41, 5.74) is 0.538. The van der Waals surface area contributed by atoms with Crippen molar-refractivity contribution in [2.24, 2.45) is 0 Å². The van der Waals surface area contributed by atoms with Crippen molar-refractivity contribution in [3.63, 3.8) is 0 Å². The minimum absolute atomic E-state index is 0.0935. The van der Waals surface area contributed by atoms with Crippen LogP contribution < -0.4 is 0 Å². The highest BCUT2D eigenvalue weighted by atomic mass is 19.4. The van der Waals surface area contributed by atoms with Crippen molar-refractivity contribution in [3.05, 3.63) is 71.9 Å². The quantitative estimate of drug-likeness (QED) is 0.413. The topological polar surface area (TPSA) is 106 Å². The van der Waals surface area contributed by atoms with Crippen LogP contribution in [0.4, 0.5) is 13.2 Å². The number of halogens is 3. The maximum absolute atomic E-state index is 13.2. The highest BCUT2D eigenvalue weighted by Crippen LogP contribution is 2.32. The first kappa shape index (κ1) is 23.6. The molecule has 1 amide bonds. The number of para-hydroxylation sites is 1. The average molecular weight is 498 g/mol. The van der Waals surface area contributed by atoms with Gasteiger partial charge < -0.3 is 9.42 Å². The van der Waals surface area contributed by atoms with Crippen LogP contribution in [0.5, 0.6) is 0 Å². The molecule has 36 heavy (non-hydrogen) atoms. The molecule has 2 aromatic carbocycles. The lowest BCUT2D eigenvalue weighted by molar-refractivity contribution is -0.137. The van der Waals surface area contributed by atoms with Crippen LogP contribution in [0.3, 0.4) is 0 Å². The minimum atomic E-state index is -4.46. The summed E-state index contributed by atoms with van der Waals surface area (Å²) in [6, 6.07) is 11.6. The van der Waals surface area contributed by atoms with E-state index in [0.29, 0.717) is 43.3 Å². The predicted molar refractivity (Wildman–Crippen MR) is 120 cm³/mol. The summed E-state index contributed by atoms with van der Waals surface area (Å²) in [6.07, 6.45) is -3.02. The standard InChI is InChI=1S/C23H21F3N8O2/c1-15(21-28-20(29-36-21)16-5-4-6-17(13-16)23(24,25)26)32-9-11-33(12-10-32)22(35)18-7-2-3-8-19(18)34-14-27-30-31-34/h2-8,13-15H,9-12H2,1H3. The molecule has 2 aromatic heterocycles. The van der Waals surface area contributed by atoms with E-state index in [2.05, 4.69) is 30.6 Å². The largest absolute Gasteiger partial charge is 0.416 e. The highest BCUT2D eigenvalue weighted by Gasteiger charge is 2.32. The van der Waals surface area contributed by atoms with Gasteiger partial charge in [0, 0.05) is 31.7 Å². The van der Waals surface area contributed by atoms with Gasteiger partial charge >= 0.3 is 6.18 Å². The normalized spacial score (nSPS) is 15.7. The molecular formula is C23H21F3N8O2. The molecule has 5 rings (SSSR count). The van der Waals surface area contributed by atoms with Gasteiger partial charge in [0.2, 0.25) is 11.7 Å². The molecule has 1 saturated heterocycles. The Morgan fingerprint density at radius 1 is 1.06 bits per heavy atom. The molecule has 0 radical (unpaired) electrons. The van der Waals surface area contributed by atoms with Crippen molar-refractivity contribution in [3.8, 4) is 17.1 Å². The molecule has 1 unspecified atom stereocenters. The molecule has 13 heteroatoms. The van der Waals surface area contributed by atoms with Gasteiger partial charge in [-0.1, -0.05) is 29.4 Å². The van der Waals surface area contributed by atoms with Crippen molar-refractivity contribution in [2.75, 3.05) is 26.2 Å². The number of aromatic nitrogens is 6. The third-order valence-electron chi connectivity index (χ3n) is 6.13. The Labute approximate surface area is 203 Å². The number of piperazine rings is 1. The summed E-state index contributed by atoms with van der Waals surface area (Å²) < 4.78 is 45.9. The van der Waals surface area contributed by atoms with Gasteiger partial charge in [-0.3, -0.25) is 9.69 Å². The Balaban J connectivity index is 1.25. The smallest absolute Gasteiger partial charge is 0.337 e. The van der Waals surface area contributed by atoms with E-state index in [-0.39, 0.29) is 23.3 Å². The van der Waals surface area contributed by atoms with E-state index in [1.807, 2.05) is 13.0 Å². The Morgan fingerprint density at radius 3 is 2.56 bits per heavy atom. The fourth-order valence-corrected chi connectivity index (χ4v) is 4.12. The molecule has 186 valence electrons. The molecule has 4 aromatic rings. The van der Waals surface area contributed by atoms with Gasteiger partial charge in [0.25, 0.3) is 5.91 Å². The number of carbonyl (C=O) groups excluding carboxylic acids is 1. The fourth-order valence-electron chi connectivity index (χ4n) is 4.12. The summed E-state index contributed by atoms with van der Waals surface area (Å²) >= 11 is 0. The summed E-state index contributed by atoms with van der Waals surface area (Å²) in [5.74, 6) is 0.264. The Hall–Kier alpha value is -4.13.